The lowest BCUT2D eigenvalue weighted by Crippen LogP contribution is -2.25. The van der Waals surface area contributed by atoms with Gasteiger partial charge in [-0.1, -0.05) is 0 Å². The second-order valence-corrected chi connectivity index (χ2v) is 5.61. The molecule has 0 aromatic heterocycles. The summed E-state index contributed by atoms with van der Waals surface area (Å²) >= 11 is 3.49. The lowest BCUT2D eigenvalue weighted by atomic mass is 9.98. The number of rotatable bonds is 4. The van der Waals surface area contributed by atoms with Crippen LogP contribution in [0.15, 0.2) is 10.5 Å². The molecule has 0 atom stereocenters. The van der Waals surface area contributed by atoms with E-state index in [0.717, 1.165) is 40.8 Å². The Kier molecular flexibility index (Phi) is 3.36. The standard InChI is InChI=1S/C13H18BrNO2/c1-8-6-10(14)12(17-3)11(16-2)9(8)7-13(15)4-5-13/h6H,4-5,7,15H2,1-3H3. The van der Waals surface area contributed by atoms with E-state index in [-0.39, 0.29) is 5.54 Å². The first kappa shape index (κ1) is 12.7. The average Bonchev–Trinajstić information content (AvgIpc) is 3.00. The van der Waals surface area contributed by atoms with Gasteiger partial charge in [-0.05, 0) is 53.7 Å². The van der Waals surface area contributed by atoms with Gasteiger partial charge in [0.1, 0.15) is 0 Å². The van der Waals surface area contributed by atoms with Crippen LogP contribution in [0.1, 0.15) is 24.0 Å². The highest BCUT2D eigenvalue weighted by atomic mass is 79.9. The third kappa shape index (κ3) is 2.43. The molecule has 17 heavy (non-hydrogen) atoms. The summed E-state index contributed by atoms with van der Waals surface area (Å²) < 4.78 is 11.8. The number of aryl methyl sites for hydroxylation is 1. The van der Waals surface area contributed by atoms with Crippen molar-refractivity contribution in [1.82, 2.24) is 0 Å². The number of hydrogen-bond acceptors (Lipinski definition) is 3. The molecule has 1 aromatic carbocycles. The smallest absolute Gasteiger partial charge is 0.175 e. The fraction of sp³-hybridized carbons (Fsp3) is 0.538. The first-order chi connectivity index (χ1) is 8.00. The molecule has 0 amide bonds. The molecule has 1 aliphatic carbocycles. The van der Waals surface area contributed by atoms with E-state index >= 15 is 0 Å². The maximum atomic E-state index is 6.19. The van der Waals surface area contributed by atoms with E-state index in [1.807, 2.05) is 0 Å². The highest BCUT2D eigenvalue weighted by Crippen LogP contribution is 2.44. The fourth-order valence-corrected chi connectivity index (χ4v) is 2.77. The first-order valence-electron chi connectivity index (χ1n) is 5.69. The summed E-state index contributed by atoms with van der Waals surface area (Å²) in [5, 5.41) is 0. The number of methoxy groups -OCH3 is 2. The van der Waals surface area contributed by atoms with E-state index in [0.29, 0.717) is 0 Å². The van der Waals surface area contributed by atoms with Crippen molar-refractivity contribution >= 4 is 15.9 Å². The van der Waals surface area contributed by atoms with Gasteiger partial charge < -0.3 is 15.2 Å². The Morgan fingerprint density at radius 2 is 1.88 bits per heavy atom. The van der Waals surface area contributed by atoms with Crippen LogP contribution in [0, 0.1) is 6.92 Å². The molecule has 94 valence electrons. The molecule has 1 saturated carbocycles. The van der Waals surface area contributed by atoms with Crippen LogP contribution in [-0.4, -0.2) is 19.8 Å². The van der Waals surface area contributed by atoms with Gasteiger partial charge in [-0.25, -0.2) is 0 Å². The van der Waals surface area contributed by atoms with Gasteiger partial charge in [0, 0.05) is 11.1 Å². The molecule has 3 nitrogen and oxygen atoms in total. The molecule has 1 aromatic rings. The van der Waals surface area contributed by atoms with E-state index in [9.17, 15) is 0 Å². The zero-order valence-electron chi connectivity index (χ0n) is 10.5. The molecule has 0 radical (unpaired) electrons. The van der Waals surface area contributed by atoms with Crippen LogP contribution in [0.25, 0.3) is 0 Å². The van der Waals surface area contributed by atoms with Gasteiger partial charge in [0.15, 0.2) is 11.5 Å². The van der Waals surface area contributed by atoms with Gasteiger partial charge in [0.25, 0.3) is 0 Å². The van der Waals surface area contributed by atoms with Crippen LogP contribution >= 0.6 is 15.9 Å². The van der Waals surface area contributed by atoms with Gasteiger partial charge in [0.05, 0.1) is 18.7 Å². The van der Waals surface area contributed by atoms with Crippen LogP contribution in [0.3, 0.4) is 0 Å². The summed E-state index contributed by atoms with van der Waals surface area (Å²) in [6.07, 6.45) is 3.04. The molecule has 1 aliphatic rings. The van der Waals surface area contributed by atoms with E-state index in [2.05, 4.69) is 28.9 Å². The molecule has 0 unspecified atom stereocenters. The van der Waals surface area contributed by atoms with Crippen molar-refractivity contribution < 1.29 is 9.47 Å². The molecular weight excluding hydrogens is 282 g/mol. The number of hydrogen-bond donors (Lipinski definition) is 1. The molecule has 2 N–H and O–H groups in total. The second kappa shape index (κ2) is 4.50. The fourth-order valence-electron chi connectivity index (χ4n) is 2.08. The normalized spacial score (nSPS) is 16.8. The maximum Gasteiger partial charge on any atom is 0.175 e. The summed E-state index contributed by atoms with van der Waals surface area (Å²) in [4.78, 5) is 0. The lowest BCUT2D eigenvalue weighted by Gasteiger charge is -2.19. The minimum Gasteiger partial charge on any atom is -0.493 e. The highest BCUT2D eigenvalue weighted by molar-refractivity contribution is 9.10. The van der Waals surface area contributed by atoms with Gasteiger partial charge in [0.2, 0.25) is 0 Å². The number of ether oxygens (including phenoxy) is 2. The summed E-state index contributed by atoms with van der Waals surface area (Å²) in [7, 11) is 3.32. The first-order valence-corrected chi connectivity index (χ1v) is 6.49. The number of nitrogens with two attached hydrogens (primary N) is 1. The molecule has 2 rings (SSSR count). The predicted molar refractivity (Wildman–Crippen MR) is 71.8 cm³/mol. The quantitative estimate of drug-likeness (QED) is 0.930. The van der Waals surface area contributed by atoms with Crippen molar-refractivity contribution in [2.75, 3.05) is 14.2 Å². The van der Waals surface area contributed by atoms with Crippen LogP contribution in [0.4, 0.5) is 0 Å². The second-order valence-electron chi connectivity index (χ2n) is 4.76. The molecule has 0 heterocycles. The third-order valence-corrected chi connectivity index (χ3v) is 3.93. The SMILES string of the molecule is COc1c(Br)cc(C)c(CC2(N)CC2)c1OC. The minimum absolute atomic E-state index is 0.0309. The Balaban J connectivity index is 2.48. The number of benzene rings is 1. The Morgan fingerprint density at radius 1 is 1.29 bits per heavy atom. The van der Waals surface area contributed by atoms with Gasteiger partial charge in [-0.15, -0.1) is 0 Å². The van der Waals surface area contributed by atoms with E-state index < -0.39 is 0 Å². The van der Waals surface area contributed by atoms with Crippen molar-refractivity contribution in [1.29, 1.82) is 0 Å². The molecule has 1 fully saturated rings. The Bertz CT molecular complexity index is 442. The maximum absolute atomic E-state index is 6.19. The molecule has 0 bridgehead atoms. The van der Waals surface area contributed by atoms with Gasteiger partial charge in [-0.2, -0.15) is 0 Å². The van der Waals surface area contributed by atoms with E-state index in [1.165, 1.54) is 5.56 Å². The minimum atomic E-state index is -0.0309. The summed E-state index contributed by atoms with van der Waals surface area (Å²) in [6.45, 7) is 2.08. The highest BCUT2D eigenvalue weighted by Gasteiger charge is 2.39. The van der Waals surface area contributed by atoms with Crippen molar-refractivity contribution in [2.45, 2.75) is 31.7 Å². The zero-order valence-corrected chi connectivity index (χ0v) is 12.1. The number of halogens is 1. The Labute approximate surface area is 110 Å². The summed E-state index contributed by atoms with van der Waals surface area (Å²) in [6, 6.07) is 2.06. The zero-order chi connectivity index (χ0) is 12.6. The van der Waals surface area contributed by atoms with Crippen LogP contribution in [0.5, 0.6) is 11.5 Å². The van der Waals surface area contributed by atoms with Crippen molar-refractivity contribution in [3.8, 4) is 11.5 Å². The topological polar surface area (TPSA) is 44.5 Å². The molecule has 0 saturated heterocycles. The van der Waals surface area contributed by atoms with Crippen LogP contribution < -0.4 is 15.2 Å². The monoisotopic (exact) mass is 299 g/mol. The summed E-state index contributed by atoms with van der Waals surface area (Å²) in [5.74, 6) is 1.55. The van der Waals surface area contributed by atoms with Crippen molar-refractivity contribution in [3.05, 3.63) is 21.7 Å². The van der Waals surface area contributed by atoms with E-state index in [4.69, 9.17) is 15.2 Å². The van der Waals surface area contributed by atoms with Crippen molar-refractivity contribution in [3.63, 3.8) is 0 Å². The molecule has 0 spiro atoms. The third-order valence-electron chi connectivity index (χ3n) is 3.35. The largest absolute Gasteiger partial charge is 0.493 e. The van der Waals surface area contributed by atoms with Crippen LogP contribution in [0.2, 0.25) is 0 Å². The van der Waals surface area contributed by atoms with E-state index in [1.54, 1.807) is 14.2 Å². The average molecular weight is 300 g/mol. The van der Waals surface area contributed by atoms with Gasteiger partial charge >= 0.3 is 0 Å². The summed E-state index contributed by atoms with van der Waals surface area (Å²) in [5.41, 5.74) is 8.51. The molecule has 4 heteroatoms. The lowest BCUT2D eigenvalue weighted by molar-refractivity contribution is 0.348. The Hall–Kier alpha value is -0.740. The Morgan fingerprint density at radius 3 is 2.35 bits per heavy atom. The molecular formula is C13H18BrNO2. The molecule has 0 aliphatic heterocycles. The van der Waals surface area contributed by atoms with Crippen molar-refractivity contribution in [2.24, 2.45) is 5.73 Å². The van der Waals surface area contributed by atoms with Gasteiger partial charge in [-0.3, -0.25) is 0 Å². The predicted octanol–water partition coefficient (Wildman–Crippen LogP) is 2.81. The van der Waals surface area contributed by atoms with Crippen LogP contribution in [-0.2, 0) is 6.42 Å².